The highest BCUT2D eigenvalue weighted by molar-refractivity contribution is 7.11. The highest BCUT2D eigenvalue weighted by Gasteiger charge is 2.42. The molecule has 90 valence electrons. The van der Waals surface area contributed by atoms with E-state index in [2.05, 4.69) is 10.5 Å². The standard InChI is InChI=1S/C13H16N2OS/c16-13(12-7-9-3-4-10(12)6-9)15-14-8-11-2-1-5-17-11/h1-2,5,8-10,12H,3-4,6-7H2,(H,15,16)/b14-8-/t9-,10+,12+/m1/s1. The smallest absolute Gasteiger partial charge is 0.243 e. The van der Waals surface area contributed by atoms with Gasteiger partial charge in [-0.3, -0.25) is 4.79 Å². The Morgan fingerprint density at radius 2 is 2.41 bits per heavy atom. The number of nitrogens with one attached hydrogen (secondary N) is 1. The lowest BCUT2D eigenvalue weighted by Gasteiger charge is -2.19. The lowest BCUT2D eigenvalue weighted by molar-refractivity contribution is -0.126. The number of hydrogen-bond donors (Lipinski definition) is 1. The van der Waals surface area contributed by atoms with Crippen molar-refractivity contribution in [2.75, 3.05) is 0 Å². The maximum atomic E-state index is 11.9. The SMILES string of the molecule is O=C(N/N=C\c1cccs1)[C@H]1C[C@@H]2CC[C@H]1C2. The first-order chi connectivity index (χ1) is 8.33. The highest BCUT2D eigenvalue weighted by atomic mass is 32.1. The largest absolute Gasteiger partial charge is 0.273 e. The van der Waals surface area contributed by atoms with Crippen LogP contribution in [0.5, 0.6) is 0 Å². The molecule has 0 aromatic carbocycles. The van der Waals surface area contributed by atoms with Crippen molar-refractivity contribution in [2.45, 2.75) is 25.7 Å². The number of hydrazone groups is 1. The zero-order chi connectivity index (χ0) is 11.7. The molecule has 2 aliphatic carbocycles. The number of fused-ring (bicyclic) bond motifs is 2. The number of amides is 1. The molecule has 3 rings (SSSR count). The predicted octanol–water partition coefficient (Wildman–Crippen LogP) is 2.63. The van der Waals surface area contributed by atoms with Gasteiger partial charge in [-0.05, 0) is 42.5 Å². The molecular weight excluding hydrogens is 232 g/mol. The first-order valence-corrected chi connectivity index (χ1v) is 7.07. The molecule has 3 atom stereocenters. The molecule has 0 unspecified atom stereocenters. The van der Waals surface area contributed by atoms with Crippen LogP contribution in [0.3, 0.4) is 0 Å². The third-order valence-corrected chi connectivity index (χ3v) is 4.79. The fraction of sp³-hybridized carbons (Fsp3) is 0.538. The quantitative estimate of drug-likeness (QED) is 0.648. The van der Waals surface area contributed by atoms with Crippen molar-refractivity contribution >= 4 is 23.5 Å². The number of carbonyl (C=O) groups excluding carboxylic acids is 1. The Hall–Kier alpha value is -1.16. The summed E-state index contributed by atoms with van der Waals surface area (Å²) in [5.41, 5.74) is 2.68. The maximum Gasteiger partial charge on any atom is 0.243 e. The van der Waals surface area contributed by atoms with Gasteiger partial charge in [0.25, 0.3) is 0 Å². The lowest BCUT2D eigenvalue weighted by Crippen LogP contribution is -2.30. The molecule has 0 radical (unpaired) electrons. The molecule has 0 spiro atoms. The van der Waals surface area contributed by atoms with Crippen LogP contribution in [0.2, 0.25) is 0 Å². The van der Waals surface area contributed by atoms with Crippen molar-refractivity contribution in [3.63, 3.8) is 0 Å². The Morgan fingerprint density at radius 1 is 1.47 bits per heavy atom. The molecule has 2 saturated carbocycles. The first kappa shape index (κ1) is 11.0. The second-order valence-electron chi connectivity index (χ2n) is 5.03. The number of nitrogens with zero attached hydrogens (tertiary/aromatic N) is 1. The maximum absolute atomic E-state index is 11.9. The van der Waals surface area contributed by atoms with Gasteiger partial charge in [0.15, 0.2) is 0 Å². The summed E-state index contributed by atoms with van der Waals surface area (Å²) < 4.78 is 0. The fourth-order valence-corrected chi connectivity index (χ4v) is 3.76. The normalized spacial score (nSPS) is 31.2. The van der Waals surface area contributed by atoms with E-state index in [0.29, 0.717) is 5.92 Å². The summed E-state index contributed by atoms with van der Waals surface area (Å²) in [6.45, 7) is 0. The molecule has 1 heterocycles. The van der Waals surface area contributed by atoms with Gasteiger partial charge in [-0.2, -0.15) is 5.10 Å². The van der Waals surface area contributed by atoms with Crippen LogP contribution in [0.4, 0.5) is 0 Å². The van der Waals surface area contributed by atoms with E-state index in [1.807, 2.05) is 17.5 Å². The number of carbonyl (C=O) groups is 1. The van der Waals surface area contributed by atoms with Gasteiger partial charge in [-0.25, -0.2) is 5.43 Å². The van der Waals surface area contributed by atoms with E-state index in [0.717, 1.165) is 17.2 Å². The molecule has 17 heavy (non-hydrogen) atoms. The number of hydrogen-bond acceptors (Lipinski definition) is 3. The molecule has 2 fully saturated rings. The number of rotatable bonds is 3. The summed E-state index contributed by atoms with van der Waals surface area (Å²) in [6, 6.07) is 3.96. The first-order valence-electron chi connectivity index (χ1n) is 6.19. The molecule has 1 amide bonds. The van der Waals surface area contributed by atoms with Gasteiger partial charge in [0.2, 0.25) is 5.91 Å². The molecule has 1 N–H and O–H groups in total. The minimum absolute atomic E-state index is 0.116. The molecular formula is C13H16N2OS. The summed E-state index contributed by atoms with van der Waals surface area (Å²) >= 11 is 1.62. The van der Waals surface area contributed by atoms with E-state index in [9.17, 15) is 4.79 Å². The zero-order valence-corrected chi connectivity index (χ0v) is 10.5. The van der Waals surface area contributed by atoms with E-state index in [1.54, 1.807) is 17.6 Å². The Morgan fingerprint density at radius 3 is 3.06 bits per heavy atom. The minimum Gasteiger partial charge on any atom is -0.273 e. The summed E-state index contributed by atoms with van der Waals surface area (Å²) in [5, 5.41) is 6.03. The van der Waals surface area contributed by atoms with Crippen molar-refractivity contribution < 1.29 is 4.79 Å². The third kappa shape index (κ3) is 2.27. The molecule has 3 nitrogen and oxygen atoms in total. The van der Waals surface area contributed by atoms with Crippen LogP contribution in [0, 0.1) is 17.8 Å². The van der Waals surface area contributed by atoms with Crippen LogP contribution >= 0.6 is 11.3 Å². The average molecular weight is 248 g/mol. The van der Waals surface area contributed by atoms with Crippen LogP contribution in [-0.4, -0.2) is 12.1 Å². The Balaban J connectivity index is 1.54. The molecule has 1 aromatic rings. The van der Waals surface area contributed by atoms with Gasteiger partial charge in [-0.1, -0.05) is 12.5 Å². The van der Waals surface area contributed by atoms with Crippen molar-refractivity contribution in [2.24, 2.45) is 22.9 Å². The van der Waals surface area contributed by atoms with Gasteiger partial charge in [0.1, 0.15) is 0 Å². The molecule has 2 bridgehead atoms. The van der Waals surface area contributed by atoms with Crippen LogP contribution < -0.4 is 5.43 Å². The van der Waals surface area contributed by atoms with Crippen LogP contribution in [-0.2, 0) is 4.79 Å². The zero-order valence-electron chi connectivity index (χ0n) is 9.63. The number of thiophene rings is 1. The summed E-state index contributed by atoms with van der Waals surface area (Å²) in [7, 11) is 0. The summed E-state index contributed by atoms with van der Waals surface area (Å²) in [4.78, 5) is 13.0. The average Bonchev–Trinajstić information content (AvgIpc) is 3.05. The van der Waals surface area contributed by atoms with Gasteiger partial charge >= 0.3 is 0 Å². The third-order valence-electron chi connectivity index (χ3n) is 3.98. The van der Waals surface area contributed by atoms with E-state index in [1.165, 1.54) is 19.3 Å². The van der Waals surface area contributed by atoms with Gasteiger partial charge in [-0.15, -0.1) is 11.3 Å². The monoisotopic (exact) mass is 248 g/mol. The second kappa shape index (κ2) is 4.61. The highest BCUT2D eigenvalue weighted by Crippen LogP contribution is 2.48. The van der Waals surface area contributed by atoms with Crippen LogP contribution in [0.25, 0.3) is 0 Å². The van der Waals surface area contributed by atoms with E-state index >= 15 is 0 Å². The topological polar surface area (TPSA) is 41.5 Å². The van der Waals surface area contributed by atoms with Gasteiger partial charge < -0.3 is 0 Å². The van der Waals surface area contributed by atoms with Gasteiger partial charge in [0.05, 0.1) is 6.21 Å². The molecule has 1 aromatic heterocycles. The molecule has 2 aliphatic rings. The van der Waals surface area contributed by atoms with Crippen LogP contribution in [0.15, 0.2) is 22.6 Å². The van der Waals surface area contributed by atoms with Crippen LogP contribution in [0.1, 0.15) is 30.6 Å². The van der Waals surface area contributed by atoms with Crippen molar-refractivity contribution in [1.82, 2.24) is 5.43 Å². The van der Waals surface area contributed by atoms with Crippen molar-refractivity contribution in [1.29, 1.82) is 0 Å². The van der Waals surface area contributed by atoms with Crippen molar-refractivity contribution in [3.05, 3.63) is 22.4 Å². The van der Waals surface area contributed by atoms with E-state index in [-0.39, 0.29) is 11.8 Å². The molecule has 4 heteroatoms. The predicted molar refractivity (Wildman–Crippen MR) is 69.0 cm³/mol. The van der Waals surface area contributed by atoms with E-state index < -0.39 is 0 Å². The molecule has 0 aliphatic heterocycles. The summed E-state index contributed by atoms with van der Waals surface area (Å²) in [5.74, 6) is 1.76. The van der Waals surface area contributed by atoms with Crippen molar-refractivity contribution in [3.8, 4) is 0 Å². The summed E-state index contributed by atoms with van der Waals surface area (Å²) in [6.07, 6.45) is 6.61. The fourth-order valence-electron chi connectivity index (χ4n) is 3.17. The Bertz CT molecular complexity index is 427. The Labute approximate surface area is 105 Å². The lowest BCUT2D eigenvalue weighted by atomic mass is 9.88. The van der Waals surface area contributed by atoms with E-state index in [4.69, 9.17) is 0 Å². The molecule has 0 saturated heterocycles. The Kier molecular flexibility index (Phi) is 2.97. The van der Waals surface area contributed by atoms with Gasteiger partial charge in [0, 0.05) is 10.8 Å². The minimum atomic E-state index is 0.116. The second-order valence-corrected chi connectivity index (χ2v) is 6.01.